The summed E-state index contributed by atoms with van der Waals surface area (Å²) in [4.78, 5) is 0. The lowest BCUT2D eigenvalue weighted by Gasteiger charge is -2.08. The third kappa shape index (κ3) is 11.7. The zero-order valence-corrected chi connectivity index (χ0v) is 7.07. The van der Waals surface area contributed by atoms with E-state index in [2.05, 4.69) is 0 Å². The normalized spacial score (nSPS) is 13.0. The van der Waals surface area contributed by atoms with Gasteiger partial charge in [0.25, 0.3) is 0 Å². The summed E-state index contributed by atoms with van der Waals surface area (Å²) in [5, 5.41) is 0. The summed E-state index contributed by atoms with van der Waals surface area (Å²) in [5.74, 6) is 0. The van der Waals surface area contributed by atoms with Gasteiger partial charge in [-0.05, 0) is 20.8 Å². The van der Waals surface area contributed by atoms with Crippen LogP contribution < -0.4 is 5.73 Å². The Morgan fingerprint density at radius 2 is 1.78 bits per heavy atom. The lowest BCUT2D eigenvalue weighted by molar-refractivity contribution is 0.0712. The summed E-state index contributed by atoms with van der Waals surface area (Å²) in [6.45, 7) is 6.60. The molecular formula is C6H16ClNO. The van der Waals surface area contributed by atoms with Crippen molar-refractivity contribution in [2.75, 3.05) is 6.61 Å². The van der Waals surface area contributed by atoms with Crippen molar-refractivity contribution < 1.29 is 4.74 Å². The van der Waals surface area contributed by atoms with E-state index in [4.69, 9.17) is 10.5 Å². The van der Waals surface area contributed by atoms with Gasteiger partial charge in [-0.3, -0.25) is 0 Å². The summed E-state index contributed by atoms with van der Waals surface area (Å²) in [6.07, 6.45) is 0.306. The van der Waals surface area contributed by atoms with Gasteiger partial charge in [0.1, 0.15) is 0 Å². The van der Waals surface area contributed by atoms with Crippen LogP contribution in [-0.4, -0.2) is 18.8 Å². The van der Waals surface area contributed by atoms with Gasteiger partial charge in [0, 0.05) is 6.04 Å². The Labute approximate surface area is 63.2 Å². The van der Waals surface area contributed by atoms with E-state index in [0.717, 1.165) is 0 Å². The van der Waals surface area contributed by atoms with Gasteiger partial charge in [-0.2, -0.15) is 0 Å². The Balaban J connectivity index is 0. The van der Waals surface area contributed by atoms with Crippen molar-refractivity contribution in [1.82, 2.24) is 0 Å². The summed E-state index contributed by atoms with van der Waals surface area (Å²) in [5.41, 5.74) is 5.42. The van der Waals surface area contributed by atoms with Crippen LogP contribution in [0.4, 0.5) is 0 Å². The standard InChI is InChI=1S/C6H15NO.ClH/c1-5(2)8-4-6(3)7;/h5-6H,4,7H2,1-3H3;1H/t6-;/m0./s1. The summed E-state index contributed by atoms with van der Waals surface area (Å²) < 4.78 is 5.18. The molecule has 2 N–H and O–H groups in total. The van der Waals surface area contributed by atoms with Crippen LogP contribution in [0.3, 0.4) is 0 Å². The fraction of sp³-hybridized carbons (Fsp3) is 1.00. The molecule has 0 aliphatic rings. The molecule has 0 bridgehead atoms. The van der Waals surface area contributed by atoms with E-state index in [1.54, 1.807) is 0 Å². The maximum Gasteiger partial charge on any atom is 0.0618 e. The lowest BCUT2D eigenvalue weighted by atomic mass is 10.4. The molecule has 0 rings (SSSR count). The van der Waals surface area contributed by atoms with Gasteiger partial charge in [0.15, 0.2) is 0 Å². The van der Waals surface area contributed by atoms with Gasteiger partial charge >= 0.3 is 0 Å². The average molecular weight is 154 g/mol. The molecule has 0 aromatic heterocycles. The zero-order chi connectivity index (χ0) is 6.57. The fourth-order valence-corrected chi connectivity index (χ4v) is 0.344. The van der Waals surface area contributed by atoms with Crippen LogP contribution in [0.2, 0.25) is 0 Å². The second kappa shape index (κ2) is 6.33. The first-order valence-electron chi connectivity index (χ1n) is 3.00. The van der Waals surface area contributed by atoms with Crippen molar-refractivity contribution in [2.45, 2.75) is 32.9 Å². The molecule has 1 atom stereocenters. The average Bonchev–Trinajstić information content (AvgIpc) is 1.61. The highest BCUT2D eigenvalue weighted by Crippen LogP contribution is 1.87. The third-order valence-corrected chi connectivity index (χ3v) is 0.692. The minimum Gasteiger partial charge on any atom is -0.377 e. The summed E-state index contributed by atoms with van der Waals surface area (Å²) in [6, 6.07) is 0.164. The van der Waals surface area contributed by atoms with E-state index in [0.29, 0.717) is 12.7 Å². The second-order valence-electron chi connectivity index (χ2n) is 2.36. The van der Waals surface area contributed by atoms with Gasteiger partial charge in [0.2, 0.25) is 0 Å². The van der Waals surface area contributed by atoms with Gasteiger partial charge in [-0.15, -0.1) is 12.4 Å². The van der Waals surface area contributed by atoms with Crippen molar-refractivity contribution in [1.29, 1.82) is 0 Å². The minimum absolute atomic E-state index is 0. The first kappa shape index (κ1) is 11.9. The van der Waals surface area contributed by atoms with E-state index < -0.39 is 0 Å². The Morgan fingerprint density at radius 3 is 1.89 bits per heavy atom. The highest BCUT2D eigenvalue weighted by molar-refractivity contribution is 5.85. The molecule has 0 fully saturated rings. The van der Waals surface area contributed by atoms with Crippen molar-refractivity contribution in [3.05, 3.63) is 0 Å². The molecule has 0 aromatic carbocycles. The van der Waals surface area contributed by atoms with Crippen molar-refractivity contribution in [2.24, 2.45) is 5.73 Å². The van der Waals surface area contributed by atoms with E-state index in [1.807, 2.05) is 20.8 Å². The maximum absolute atomic E-state index is 5.42. The molecule has 9 heavy (non-hydrogen) atoms. The molecule has 0 heterocycles. The monoisotopic (exact) mass is 153 g/mol. The first-order chi connectivity index (χ1) is 3.63. The van der Waals surface area contributed by atoms with Gasteiger partial charge in [0.05, 0.1) is 12.7 Å². The van der Waals surface area contributed by atoms with E-state index in [9.17, 15) is 0 Å². The second-order valence-corrected chi connectivity index (χ2v) is 2.36. The zero-order valence-electron chi connectivity index (χ0n) is 6.26. The fourth-order valence-electron chi connectivity index (χ4n) is 0.344. The number of halogens is 1. The van der Waals surface area contributed by atoms with Crippen LogP contribution in [0.25, 0.3) is 0 Å². The van der Waals surface area contributed by atoms with E-state index in [-0.39, 0.29) is 18.4 Å². The van der Waals surface area contributed by atoms with Gasteiger partial charge in [-0.1, -0.05) is 0 Å². The molecule has 0 aliphatic heterocycles. The molecule has 0 radical (unpaired) electrons. The Bertz CT molecular complexity index is 49.0. The number of rotatable bonds is 3. The molecule has 0 saturated heterocycles. The Hall–Kier alpha value is 0.210. The van der Waals surface area contributed by atoms with Crippen molar-refractivity contribution in [3.63, 3.8) is 0 Å². The van der Waals surface area contributed by atoms with E-state index in [1.165, 1.54) is 0 Å². The lowest BCUT2D eigenvalue weighted by Crippen LogP contribution is -2.23. The minimum atomic E-state index is 0. The van der Waals surface area contributed by atoms with E-state index >= 15 is 0 Å². The summed E-state index contributed by atoms with van der Waals surface area (Å²) in [7, 11) is 0. The molecule has 58 valence electrons. The maximum atomic E-state index is 5.42. The molecule has 0 amide bonds. The molecule has 0 aromatic rings. The highest BCUT2D eigenvalue weighted by atomic mass is 35.5. The van der Waals surface area contributed by atoms with Crippen LogP contribution in [0, 0.1) is 0 Å². The smallest absolute Gasteiger partial charge is 0.0618 e. The Morgan fingerprint density at radius 1 is 1.33 bits per heavy atom. The van der Waals surface area contributed by atoms with Crippen LogP contribution >= 0.6 is 12.4 Å². The topological polar surface area (TPSA) is 35.2 Å². The van der Waals surface area contributed by atoms with Crippen molar-refractivity contribution >= 4 is 12.4 Å². The molecule has 0 unspecified atom stereocenters. The van der Waals surface area contributed by atoms with Crippen LogP contribution in [0.15, 0.2) is 0 Å². The summed E-state index contributed by atoms with van der Waals surface area (Å²) >= 11 is 0. The molecule has 0 aliphatic carbocycles. The van der Waals surface area contributed by atoms with Crippen LogP contribution in [0.5, 0.6) is 0 Å². The quantitative estimate of drug-likeness (QED) is 0.661. The molecular weight excluding hydrogens is 138 g/mol. The third-order valence-electron chi connectivity index (χ3n) is 0.692. The Kier molecular flexibility index (Phi) is 8.40. The van der Waals surface area contributed by atoms with Gasteiger partial charge < -0.3 is 10.5 Å². The number of nitrogens with two attached hydrogens (primary N) is 1. The van der Waals surface area contributed by atoms with Crippen LogP contribution in [0.1, 0.15) is 20.8 Å². The first-order valence-corrected chi connectivity index (χ1v) is 3.00. The largest absolute Gasteiger partial charge is 0.377 e. The number of hydrogen-bond donors (Lipinski definition) is 1. The van der Waals surface area contributed by atoms with Crippen molar-refractivity contribution in [3.8, 4) is 0 Å². The SMILES string of the molecule is CC(C)OC[C@H](C)N.Cl. The highest BCUT2D eigenvalue weighted by Gasteiger charge is 1.94. The predicted molar refractivity (Wildman–Crippen MR) is 42.0 cm³/mol. The molecule has 3 heteroatoms. The molecule has 0 saturated carbocycles. The number of ether oxygens (including phenoxy) is 1. The van der Waals surface area contributed by atoms with Gasteiger partial charge in [-0.25, -0.2) is 0 Å². The molecule has 2 nitrogen and oxygen atoms in total. The number of hydrogen-bond acceptors (Lipinski definition) is 2. The molecule has 0 spiro atoms. The predicted octanol–water partition coefficient (Wildman–Crippen LogP) is 1.18. The van der Waals surface area contributed by atoms with Crippen LogP contribution in [-0.2, 0) is 4.74 Å².